The van der Waals surface area contributed by atoms with Crippen molar-refractivity contribution in [1.29, 1.82) is 0 Å². The van der Waals surface area contributed by atoms with E-state index in [-0.39, 0.29) is 17.5 Å². The third-order valence-electron chi connectivity index (χ3n) is 5.40. The second-order valence-corrected chi connectivity index (χ2v) is 7.23. The maximum Gasteiger partial charge on any atom is 0.277 e. The van der Waals surface area contributed by atoms with E-state index >= 15 is 0 Å². The van der Waals surface area contributed by atoms with E-state index in [4.69, 9.17) is 0 Å². The second kappa shape index (κ2) is 7.50. The molecular formula is C22H21N3O4. The summed E-state index contributed by atoms with van der Waals surface area (Å²) in [6.45, 7) is 3.46. The molecule has 7 heteroatoms. The molecule has 2 aliphatic rings. The Bertz CT molecular complexity index is 1030. The highest BCUT2D eigenvalue weighted by molar-refractivity contribution is 6.35. The molecule has 2 heterocycles. The fraction of sp³-hybridized carbons (Fsp3) is 0.273. The Morgan fingerprint density at radius 1 is 1.00 bits per heavy atom. The maximum absolute atomic E-state index is 13.2. The number of fused-ring (bicyclic) bond motifs is 1. The van der Waals surface area contributed by atoms with Crippen LogP contribution in [0.25, 0.3) is 5.57 Å². The Morgan fingerprint density at radius 2 is 1.69 bits per heavy atom. The quantitative estimate of drug-likeness (QED) is 0.444. The van der Waals surface area contributed by atoms with Crippen LogP contribution in [-0.4, -0.2) is 39.6 Å². The molecule has 0 N–H and O–H groups in total. The molecule has 148 valence electrons. The molecular weight excluding hydrogens is 370 g/mol. The van der Waals surface area contributed by atoms with Crippen LogP contribution in [0.5, 0.6) is 0 Å². The minimum absolute atomic E-state index is 0.0509. The Morgan fingerprint density at radius 3 is 2.34 bits per heavy atom. The molecule has 29 heavy (non-hydrogen) atoms. The van der Waals surface area contributed by atoms with Gasteiger partial charge in [0.15, 0.2) is 0 Å². The zero-order valence-corrected chi connectivity index (χ0v) is 16.1. The summed E-state index contributed by atoms with van der Waals surface area (Å²) in [5, 5.41) is 11.0. The molecule has 4 rings (SSSR count). The van der Waals surface area contributed by atoms with Gasteiger partial charge in [-0.3, -0.25) is 24.6 Å². The molecule has 0 bridgehead atoms. The smallest absolute Gasteiger partial charge is 0.277 e. The lowest BCUT2D eigenvalue weighted by molar-refractivity contribution is -0.384. The monoisotopic (exact) mass is 391 g/mol. The lowest BCUT2D eigenvalue weighted by Gasteiger charge is -2.31. The van der Waals surface area contributed by atoms with Crippen molar-refractivity contribution in [2.24, 2.45) is 0 Å². The zero-order chi connectivity index (χ0) is 20.5. The van der Waals surface area contributed by atoms with Crippen molar-refractivity contribution in [3.8, 4) is 0 Å². The number of carbonyl (C=O) groups excluding carboxylic acids is 2. The van der Waals surface area contributed by atoms with Gasteiger partial charge >= 0.3 is 0 Å². The standard InChI is InChI=1S/C22H21N3O4/c1-2-12-24-21(26)19(16-7-9-18(10-8-16)25(28)29)20(22(24)27)23-13-11-15-5-3-4-6-17(15)14-23/h3-10H,2,11-14H2,1H3. The normalized spacial score (nSPS) is 16.4. The van der Waals surface area contributed by atoms with Crippen LogP contribution in [0.1, 0.15) is 30.0 Å². The summed E-state index contributed by atoms with van der Waals surface area (Å²) in [7, 11) is 0. The van der Waals surface area contributed by atoms with Crippen molar-refractivity contribution >= 4 is 23.1 Å². The number of rotatable bonds is 5. The fourth-order valence-electron chi connectivity index (χ4n) is 3.98. The number of nitro benzene ring substituents is 1. The summed E-state index contributed by atoms with van der Waals surface area (Å²) in [5.74, 6) is -0.621. The second-order valence-electron chi connectivity index (χ2n) is 7.23. The molecule has 2 aliphatic heterocycles. The van der Waals surface area contributed by atoms with Crippen LogP contribution in [0.3, 0.4) is 0 Å². The molecule has 2 amide bonds. The summed E-state index contributed by atoms with van der Waals surface area (Å²) in [6.07, 6.45) is 1.46. The molecule has 0 radical (unpaired) electrons. The predicted molar refractivity (Wildman–Crippen MR) is 108 cm³/mol. The Kier molecular flexibility index (Phi) is 4.88. The SMILES string of the molecule is CCCN1C(=O)C(c2ccc([N+](=O)[O-])cc2)=C(N2CCc3ccccc3C2)C1=O. The molecule has 7 nitrogen and oxygen atoms in total. The van der Waals surface area contributed by atoms with E-state index in [0.29, 0.717) is 42.9 Å². The number of benzene rings is 2. The molecule has 2 aromatic carbocycles. The van der Waals surface area contributed by atoms with E-state index in [1.807, 2.05) is 30.0 Å². The summed E-state index contributed by atoms with van der Waals surface area (Å²) >= 11 is 0. The van der Waals surface area contributed by atoms with E-state index in [1.54, 1.807) is 12.1 Å². The topological polar surface area (TPSA) is 83.8 Å². The van der Waals surface area contributed by atoms with Crippen LogP contribution in [0, 0.1) is 10.1 Å². The molecule has 0 spiro atoms. The van der Waals surface area contributed by atoms with E-state index in [1.165, 1.54) is 22.6 Å². The van der Waals surface area contributed by atoms with Crippen molar-refractivity contribution in [1.82, 2.24) is 9.80 Å². The lowest BCUT2D eigenvalue weighted by Crippen LogP contribution is -2.37. The summed E-state index contributed by atoms with van der Waals surface area (Å²) in [6, 6.07) is 13.9. The average molecular weight is 391 g/mol. The first-order valence-electron chi connectivity index (χ1n) is 9.68. The number of non-ortho nitro benzene ring substituents is 1. The van der Waals surface area contributed by atoms with Crippen LogP contribution in [0.2, 0.25) is 0 Å². The third-order valence-corrected chi connectivity index (χ3v) is 5.40. The number of nitro groups is 1. The van der Waals surface area contributed by atoms with E-state index < -0.39 is 4.92 Å². The molecule has 0 aromatic heterocycles. The van der Waals surface area contributed by atoms with Crippen LogP contribution in [-0.2, 0) is 22.6 Å². The highest BCUT2D eigenvalue weighted by Gasteiger charge is 2.41. The molecule has 0 unspecified atom stereocenters. The van der Waals surface area contributed by atoms with Crippen LogP contribution in [0.15, 0.2) is 54.2 Å². The first-order valence-corrected chi connectivity index (χ1v) is 9.68. The average Bonchev–Trinajstić information content (AvgIpc) is 2.98. The highest BCUT2D eigenvalue weighted by atomic mass is 16.6. The lowest BCUT2D eigenvalue weighted by atomic mass is 9.98. The van der Waals surface area contributed by atoms with Gasteiger partial charge in [-0.25, -0.2) is 0 Å². The number of imide groups is 1. The van der Waals surface area contributed by atoms with Crippen LogP contribution >= 0.6 is 0 Å². The van der Waals surface area contributed by atoms with Gasteiger partial charge in [0.2, 0.25) is 0 Å². The Balaban J connectivity index is 1.78. The van der Waals surface area contributed by atoms with Crippen LogP contribution in [0.4, 0.5) is 5.69 Å². The minimum Gasteiger partial charge on any atom is -0.362 e. The Hall–Kier alpha value is -3.48. The Labute approximate surface area is 168 Å². The third kappa shape index (κ3) is 3.29. The number of nitrogens with zero attached hydrogens (tertiary/aromatic N) is 3. The molecule has 0 saturated carbocycles. The van der Waals surface area contributed by atoms with E-state index in [9.17, 15) is 19.7 Å². The molecule has 0 fully saturated rings. The van der Waals surface area contributed by atoms with Gasteiger partial charge in [0.1, 0.15) is 5.70 Å². The highest BCUT2D eigenvalue weighted by Crippen LogP contribution is 2.35. The molecule has 0 atom stereocenters. The maximum atomic E-state index is 13.2. The minimum atomic E-state index is -0.481. The number of amides is 2. The molecule has 0 aliphatic carbocycles. The largest absolute Gasteiger partial charge is 0.362 e. The van der Waals surface area contributed by atoms with Crippen molar-refractivity contribution in [2.75, 3.05) is 13.1 Å². The first kappa shape index (κ1) is 18.9. The summed E-state index contributed by atoms with van der Waals surface area (Å²) in [5.41, 5.74) is 3.60. The van der Waals surface area contributed by atoms with Gasteiger partial charge in [0, 0.05) is 31.8 Å². The van der Waals surface area contributed by atoms with Gasteiger partial charge in [0.25, 0.3) is 17.5 Å². The van der Waals surface area contributed by atoms with Crippen molar-refractivity contribution in [3.63, 3.8) is 0 Å². The molecule has 0 saturated heterocycles. The van der Waals surface area contributed by atoms with Crippen molar-refractivity contribution in [3.05, 3.63) is 81.0 Å². The number of hydrogen-bond acceptors (Lipinski definition) is 5. The number of hydrogen-bond donors (Lipinski definition) is 0. The first-order chi connectivity index (χ1) is 14.0. The zero-order valence-electron chi connectivity index (χ0n) is 16.1. The van der Waals surface area contributed by atoms with E-state index in [2.05, 4.69) is 6.07 Å². The van der Waals surface area contributed by atoms with E-state index in [0.717, 1.165) is 12.0 Å². The van der Waals surface area contributed by atoms with Gasteiger partial charge in [-0.1, -0.05) is 31.2 Å². The predicted octanol–water partition coefficient (Wildman–Crippen LogP) is 3.14. The summed E-state index contributed by atoms with van der Waals surface area (Å²) < 4.78 is 0. The van der Waals surface area contributed by atoms with Gasteiger partial charge < -0.3 is 4.90 Å². The van der Waals surface area contributed by atoms with Gasteiger partial charge in [-0.05, 0) is 41.7 Å². The van der Waals surface area contributed by atoms with Crippen molar-refractivity contribution in [2.45, 2.75) is 26.3 Å². The van der Waals surface area contributed by atoms with Gasteiger partial charge in [-0.15, -0.1) is 0 Å². The van der Waals surface area contributed by atoms with Crippen LogP contribution < -0.4 is 0 Å². The van der Waals surface area contributed by atoms with Gasteiger partial charge in [0.05, 0.1) is 10.5 Å². The molecule has 2 aromatic rings. The summed E-state index contributed by atoms with van der Waals surface area (Å²) in [4.78, 5) is 40.0. The fourth-order valence-corrected chi connectivity index (χ4v) is 3.98. The van der Waals surface area contributed by atoms with Gasteiger partial charge in [-0.2, -0.15) is 0 Å². The number of carbonyl (C=O) groups is 2. The van der Waals surface area contributed by atoms with Crippen molar-refractivity contribution < 1.29 is 14.5 Å².